The SMILES string of the molecule is CCC(N)C(c1sccc1C)N(C)Cc1cscn1. The molecule has 2 rings (SSSR count). The molecule has 0 aliphatic rings. The molecule has 2 atom stereocenters. The number of aromatic nitrogens is 1. The van der Waals surface area contributed by atoms with Crippen LogP contribution in [0.1, 0.15) is 35.5 Å². The first-order chi connectivity index (χ1) is 9.13. The van der Waals surface area contributed by atoms with E-state index in [0.717, 1.165) is 18.7 Å². The summed E-state index contributed by atoms with van der Waals surface area (Å²) in [5.41, 5.74) is 10.7. The molecule has 0 aliphatic carbocycles. The molecule has 0 fully saturated rings. The topological polar surface area (TPSA) is 42.1 Å². The molecule has 19 heavy (non-hydrogen) atoms. The molecule has 2 unspecified atom stereocenters. The fourth-order valence-electron chi connectivity index (χ4n) is 2.30. The number of nitrogens with zero attached hydrogens (tertiary/aromatic N) is 2. The maximum Gasteiger partial charge on any atom is 0.0795 e. The molecule has 5 heteroatoms. The molecule has 0 aliphatic heterocycles. The van der Waals surface area contributed by atoms with Gasteiger partial charge in [-0.2, -0.15) is 0 Å². The highest BCUT2D eigenvalue weighted by atomic mass is 32.1. The van der Waals surface area contributed by atoms with Crippen molar-refractivity contribution in [2.75, 3.05) is 7.05 Å². The van der Waals surface area contributed by atoms with Crippen LogP contribution in [0.25, 0.3) is 0 Å². The van der Waals surface area contributed by atoms with Crippen molar-refractivity contribution in [2.45, 2.75) is 38.9 Å². The number of likely N-dealkylation sites (N-methyl/N-ethyl adjacent to an activating group) is 1. The summed E-state index contributed by atoms with van der Waals surface area (Å²) in [5, 5.41) is 4.25. The largest absolute Gasteiger partial charge is 0.326 e. The Bertz CT molecular complexity index is 493. The second-order valence-electron chi connectivity index (χ2n) is 4.88. The number of aryl methyl sites for hydroxylation is 1. The molecule has 0 bridgehead atoms. The van der Waals surface area contributed by atoms with E-state index < -0.39 is 0 Å². The zero-order valence-corrected chi connectivity index (χ0v) is 13.3. The van der Waals surface area contributed by atoms with Crippen LogP contribution in [0.5, 0.6) is 0 Å². The smallest absolute Gasteiger partial charge is 0.0795 e. The maximum absolute atomic E-state index is 6.35. The van der Waals surface area contributed by atoms with Gasteiger partial charge < -0.3 is 5.73 Å². The monoisotopic (exact) mass is 295 g/mol. The standard InChI is InChI=1S/C14H21N3S2/c1-4-12(15)13(14-10(2)5-6-19-14)17(3)7-11-8-18-9-16-11/h5-6,8-9,12-13H,4,7,15H2,1-3H3. The van der Waals surface area contributed by atoms with Gasteiger partial charge >= 0.3 is 0 Å². The van der Waals surface area contributed by atoms with Gasteiger partial charge in [0.1, 0.15) is 0 Å². The van der Waals surface area contributed by atoms with Crippen molar-refractivity contribution in [1.82, 2.24) is 9.88 Å². The number of hydrogen-bond acceptors (Lipinski definition) is 5. The summed E-state index contributed by atoms with van der Waals surface area (Å²) in [5.74, 6) is 0. The van der Waals surface area contributed by atoms with Crippen LogP contribution < -0.4 is 5.73 Å². The maximum atomic E-state index is 6.35. The van der Waals surface area contributed by atoms with Crippen molar-refractivity contribution in [3.8, 4) is 0 Å². The van der Waals surface area contributed by atoms with Crippen molar-refractivity contribution >= 4 is 22.7 Å². The Hall–Kier alpha value is -0.750. The van der Waals surface area contributed by atoms with E-state index in [1.807, 2.05) is 5.51 Å². The molecule has 0 amide bonds. The number of nitrogens with two attached hydrogens (primary N) is 1. The molecule has 0 saturated heterocycles. The van der Waals surface area contributed by atoms with Gasteiger partial charge in [-0.05, 0) is 37.4 Å². The molecule has 104 valence electrons. The van der Waals surface area contributed by atoms with Gasteiger partial charge in [-0.15, -0.1) is 22.7 Å². The number of thiazole rings is 1. The third-order valence-corrected chi connectivity index (χ3v) is 5.14. The van der Waals surface area contributed by atoms with Gasteiger partial charge in [0, 0.05) is 22.8 Å². The first-order valence-electron chi connectivity index (χ1n) is 6.50. The lowest BCUT2D eigenvalue weighted by Gasteiger charge is -2.31. The van der Waals surface area contributed by atoms with Crippen LogP contribution in [0.2, 0.25) is 0 Å². The van der Waals surface area contributed by atoms with Gasteiger partial charge in [0.2, 0.25) is 0 Å². The molecule has 2 aromatic heterocycles. The Morgan fingerprint density at radius 1 is 1.47 bits per heavy atom. The number of thiophene rings is 1. The van der Waals surface area contributed by atoms with Gasteiger partial charge in [0.15, 0.2) is 0 Å². The van der Waals surface area contributed by atoms with E-state index in [9.17, 15) is 0 Å². The Morgan fingerprint density at radius 2 is 2.26 bits per heavy atom. The van der Waals surface area contributed by atoms with Crippen LogP contribution in [-0.4, -0.2) is 23.0 Å². The van der Waals surface area contributed by atoms with Gasteiger partial charge in [-0.1, -0.05) is 6.92 Å². The zero-order valence-electron chi connectivity index (χ0n) is 11.7. The van der Waals surface area contributed by atoms with Crippen LogP contribution in [0.4, 0.5) is 0 Å². The molecule has 0 saturated carbocycles. The van der Waals surface area contributed by atoms with Gasteiger partial charge in [0.25, 0.3) is 0 Å². The third kappa shape index (κ3) is 3.42. The first kappa shape index (κ1) is 14.7. The summed E-state index contributed by atoms with van der Waals surface area (Å²) in [6, 6.07) is 2.60. The third-order valence-electron chi connectivity index (χ3n) is 3.42. The minimum atomic E-state index is 0.154. The van der Waals surface area contributed by atoms with Crippen molar-refractivity contribution in [2.24, 2.45) is 5.73 Å². The summed E-state index contributed by atoms with van der Waals surface area (Å²) in [6.45, 7) is 5.16. The fourth-order valence-corrected chi connectivity index (χ4v) is 4.02. The van der Waals surface area contributed by atoms with E-state index in [-0.39, 0.29) is 12.1 Å². The van der Waals surface area contributed by atoms with E-state index in [1.165, 1.54) is 10.4 Å². The van der Waals surface area contributed by atoms with Crippen molar-refractivity contribution < 1.29 is 0 Å². The van der Waals surface area contributed by atoms with Crippen LogP contribution in [0.3, 0.4) is 0 Å². The predicted octanol–water partition coefficient (Wildman–Crippen LogP) is 3.42. The van der Waals surface area contributed by atoms with Crippen LogP contribution in [-0.2, 0) is 6.54 Å². The molecular formula is C14H21N3S2. The van der Waals surface area contributed by atoms with E-state index in [4.69, 9.17) is 5.73 Å². The van der Waals surface area contributed by atoms with E-state index in [2.05, 4.69) is 47.6 Å². The Labute approximate surface area is 123 Å². The first-order valence-corrected chi connectivity index (χ1v) is 8.32. The van der Waals surface area contributed by atoms with Crippen LogP contribution in [0, 0.1) is 6.92 Å². The van der Waals surface area contributed by atoms with E-state index in [1.54, 1.807) is 22.7 Å². The van der Waals surface area contributed by atoms with Gasteiger partial charge in [0.05, 0.1) is 17.2 Å². The molecule has 2 heterocycles. The van der Waals surface area contributed by atoms with Crippen LogP contribution >= 0.6 is 22.7 Å². The van der Waals surface area contributed by atoms with Crippen molar-refractivity contribution in [3.05, 3.63) is 38.5 Å². The second-order valence-corrected chi connectivity index (χ2v) is 6.55. The van der Waals surface area contributed by atoms with Gasteiger partial charge in [-0.25, -0.2) is 4.98 Å². The summed E-state index contributed by atoms with van der Waals surface area (Å²) >= 11 is 3.44. The Morgan fingerprint density at radius 3 is 2.79 bits per heavy atom. The zero-order chi connectivity index (χ0) is 13.8. The quantitative estimate of drug-likeness (QED) is 0.888. The van der Waals surface area contributed by atoms with E-state index in [0.29, 0.717) is 0 Å². The average molecular weight is 295 g/mol. The Kier molecular flexibility index (Phi) is 5.10. The van der Waals surface area contributed by atoms with Crippen molar-refractivity contribution in [1.29, 1.82) is 0 Å². The minimum absolute atomic E-state index is 0.154. The normalized spacial score (nSPS) is 14.8. The minimum Gasteiger partial charge on any atom is -0.326 e. The Balaban J connectivity index is 2.20. The molecule has 0 spiro atoms. The molecule has 2 aromatic rings. The van der Waals surface area contributed by atoms with E-state index >= 15 is 0 Å². The summed E-state index contributed by atoms with van der Waals surface area (Å²) < 4.78 is 0. The lowest BCUT2D eigenvalue weighted by Crippen LogP contribution is -2.38. The van der Waals surface area contributed by atoms with Crippen molar-refractivity contribution in [3.63, 3.8) is 0 Å². The van der Waals surface area contributed by atoms with Crippen LogP contribution in [0.15, 0.2) is 22.3 Å². The molecule has 3 nitrogen and oxygen atoms in total. The molecular weight excluding hydrogens is 274 g/mol. The predicted molar refractivity (Wildman–Crippen MR) is 83.6 cm³/mol. The average Bonchev–Trinajstić information content (AvgIpc) is 3.02. The number of rotatable bonds is 6. The highest BCUT2D eigenvalue weighted by Crippen LogP contribution is 2.31. The fraction of sp³-hybridized carbons (Fsp3) is 0.500. The molecule has 0 radical (unpaired) electrons. The highest BCUT2D eigenvalue weighted by Gasteiger charge is 2.25. The lowest BCUT2D eigenvalue weighted by atomic mass is 10.0. The molecule has 0 aromatic carbocycles. The summed E-state index contributed by atoms with van der Waals surface area (Å²) in [4.78, 5) is 8.07. The second kappa shape index (κ2) is 6.61. The molecule has 2 N–H and O–H groups in total. The lowest BCUT2D eigenvalue weighted by molar-refractivity contribution is 0.202. The number of hydrogen-bond donors (Lipinski definition) is 1. The van der Waals surface area contributed by atoms with Gasteiger partial charge in [-0.3, -0.25) is 4.90 Å². The summed E-state index contributed by atoms with van der Waals surface area (Å²) in [7, 11) is 2.14. The highest BCUT2D eigenvalue weighted by molar-refractivity contribution is 7.10. The summed E-state index contributed by atoms with van der Waals surface area (Å²) in [6.07, 6.45) is 0.976.